The highest BCUT2D eigenvalue weighted by molar-refractivity contribution is 5.64. The van der Waals surface area contributed by atoms with E-state index in [9.17, 15) is 4.79 Å². The average molecular weight is 185 g/mol. The summed E-state index contributed by atoms with van der Waals surface area (Å²) in [6.07, 6.45) is 3.85. The molecule has 1 rings (SSSR count). The van der Waals surface area contributed by atoms with Crippen molar-refractivity contribution in [3.8, 4) is 0 Å². The molecule has 0 aromatic rings. The van der Waals surface area contributed by atoms with Crippen molar-refractivity contribution in [2.75, 3.05) is 0 Å². The Balaban J connectivity index is 2.30. The zero-order chi connectivity index (χ0) is 9.84. The van der Waals surface area contributed by atoms with Crippen molar-refractivity contribution in [3.05, 3.63) is 0 Å². The summed E-state index contributed by atoms with van der Waals surface area (Å²) in [5.74, 6) is 1.28. The molecule has 0 spiro atoms. The zero-order valence-corrected chi connectivity index (χ0v) is 8.45. The smallest absolute Gasteiger partial charge is 0.404 e. The van der Waals surface area contributed by atoms with E-state index >= 15 is 0 Å². The maximum atomic E-state index is 10.6. The molecule has 1 aliphatic rings. The van der Waals surface area contributed by atoms with E-state index in [0.717, 1.165) is 19.3 Å². The molecule has 0 radical (unpaired) electrons. The van der Waals surface area contributed by atoms with Gasteiger partial charge < -0.3 is 10.5 Å². The Hall–Kier alpha value is -0.730. The van der Waals surface area contributed by atoms with E-state index in [1.54, 1.807) is 0 Å². The molecule has 0 heterocycles. The normalized spacial score (nSPS) is 28.2. The van der Waals surface area contributed by atoms with Gasteiger partial charge in [-0.15, -0.1) is 0 Å². The zero-order valence-electron chi connectivity index (χ0n) is 8.45. The Morgan fingerprint density at radius 3 is 2.69 bits per heavy atom. The fraction of sp³-hybridized carbons (Fsp3) is 0.900. The second-order valence-corrected chi connectivity index (χ2v) is 3.99. The van der Waals surface area contributed by atoms with E-state index in [1.165, 1.54) is 6.42 Å². The lowest BCUT2D eigenvalue weighted by molar-refractivity contribution is 0.0836. The summed E-state index contributed by atoms with van der Waals surface area (Å²) in [4.78, 5) is 10.6. The molecule has 1 fully saturated rings. The summed E-state index contributed by atoms with van der Waals surface area (Å²) in [7, 11) is 0. The Morgan fingerprint density at radius 2 is 2.31 bits per heavy atom. The van der Waals surface area contributed by atoms with Gasteiger partial charge in [0.1, 0.15) is 6.10 Å². The second-order valence-electron chi connectivity index (χ2n) is 3.99. The van der Waals surface area contributed by atoms with E-state index in [2.05, 4.69) is 13.8 Å². The molecule has 0 saturated heterocycles. The molecule has 0 aromatic carbocycles. The molecule has 0 aliphatic heterocycles. The number of primary amides is 1. The number of ether oxygens (including phenoxy) is 1. The minimum atomic E-state index is -0.625. The molecule has 3 heteroatoms. The fourth-order valence-electron chi connectivity index (χ4n) is 1.78. The Labute approximate surface area is 79.6 Å². The number of nitrogens with two attached hydrogens (primary N) is 1. The summed E-state index contributed by atoms with van der Waals surface area (Å²) >= 11 is 0. The van der Waals surface area contributed by atoms with Crippen LogP contribution in [-0.4, -0.2) is 12.2 Å². The fourth-order valence-corrected chi connectivity index (χ4v) is 1.78. The topological polar surface area (TPSA) is 52.3 Å². The number of carbonyl (C=O) groups excluding carboxylic acids is 1. The highest BCUT2D eigenvalue weighted by Crippen LogP contribution is 2.43. The van der Waals surface area contributed by atoms with Crippen LogP contribution in [0.5, 0.6) is 0 Å². The maximum absolute atomic E-state index is 10.6. The molecule has 76 valence electrons. The maximum Gasteiger partial charge on any atom is 0.404 e. The van der Waals surface area contributed by atoms with Gasteiger partial charge in [-0.1, -0.05) is 26.7 Å². The molecule has 13 heavy (non-hydrogen) atoms. The number of unbranched alkanes of at least 4 members (excludes halogenated alkanes) is 1. The highest BCUT2D eigenvalue weighted by Gasteiger charge is 2.40. The highest BCUT2D eigenvalue weighted by atomic mass is 16.6. The number of carbonyl (C=O) groups is 1. The van der Waals surface area contributed by atoms with Crippen LogP contribution in [0.15, 0.2) is 0 Å². The van der Waals surface area contributed by atoms with Crippen LogP contribution < -0.4 is 5.73 Å². The van der Waals surface area contributed by atoms with Crippen LogP contribution >= 0.6 is 0 Å². The van der Waals surface area contributed by atoms with Crippen molar-refractivity contribution in [1.82, 2.24) is 0 Å². The molecular formula is C10H19NO2. The first-order valence-corrected chi connectivity index (χ1v) is 5.11. The van der Waals surface area contributed by atoms with Crippen LogP contribution in [0.4, 0.5) is 4.79 Å². The predicted molar refractivity (Wildman–Crippen MR) is 51.3 cm³/mol. The number of rotatable bonds is 5. The monoisotopic (exact) mass is 185 g/mol. The first-order chi connectivity index (χ1) is 6.15. The van der Waals surface area contributed by atoms with Crippen molar-refractivity contribution in [2.45, 2.75) is 45.6 Å². The number of hydrogen-bond acceptors (Lipinski definition) is 2. The molecule has 2 N–H and O–H groups in total. The minimum Gasteiger partial charge on any atom is -0.446 e. The van der Waals surface area contributed by atoms with Gasteiger partial charge in [-0.2, -0.15) is 0 Å². The van der Waals surface area contributed by atoms with Gasteiger partial charge in [-0.3, -0.25) is 0 Å². The Morgan fingerprint density at radius 1 is 1.69 bits per heavy atom. The summed E-state index contributed by atoms with van der Waals surface area (Å²) in [5, 5.41) is 0. The summed E-state index contributed by atoms with van der Waals surface area (Å²) in [5.41, 5.74) is 5.01. The number of amides is 1. The first-order valence-electron chi connectivity index (χ1n) is 5.11. The van der Waals surface area contributed by atoms with Crippen LogP contribution in [0.3, 0.4) is 0 Å². The molecule has 3 atom stereocenters. The van der Waals surface area contributed by atoms with E-state index in [1.807, 2.05) is 0 Å². The molecule has 1 saturated carbocycles. The third-order valence-corrected chi connectivity index (χ3v) is 2.76. The predicted octanol–water partition coefficient (Wildman–Crippen LogP) is 2.30. The Bertz CT molecular complexity index is 182. The third-order valence-electron chi connectivity index (χ3n) is 2.76. The van der Waals surface area contributed by atoms with Crippen LogP contribution in [-0.2, 0) is 4.74 Å². The van der Waals surface area contributed by atoms with Crippen molar-refractivity contribution >= 4 is 6.09 Å². The summed E-state index contributed by atoms with van der Waals surface area (Å²) < 4.78 is 5.09. The third kappa shape index (κ3) is 3.25. The van der Waals surface area contributed by atoms with E-state index in [-0.39, 0.29) is 6.10 Å². The van der Waals surface area contributed by atoms with Gasteiger partial charge in [0.05, 0.1) is 0 Å². The lowest BCUT2D eigenvalue weighted by Gasteiger charge is -2.15. The van der Waals surface area contributed by atoms with Crippen LogP contribution in [0.1, 0.15) is 39.5 Å². The molecule has 0 bridgehead atoms. The minimum absolute atomic E-state index is 0.0763. The average Bonchev–Trinajstić information content (AvgIpc) is 2.75. The summed E-state index contributed by atoms with van der Waals surface area (Å²) in [6.45, 7) is 4.33. The van der Waals surface area contributed by atoms with Crippen LogP contribution in [0, 0.1) is 11.8 Å². The van der Waals surface area contributed by atoms with Crippen LogP contribution in [0.2, 0.25) is 0 Å². The van der Waals surface area contributed by atoms with Crippen molar-refractivity contribution in [1.29, 1.82) is 0 Å². The molecular weight excluding hydrogens is 166 g/mol. The molecule has 0 aromatic heterocycles. The SMILES string of the molecule is CCCCC(OC(N)=O)C1CC1C. The Kier molecular flexibility index (Phi) is 3.58. The molecule has 3 unspecified atom stereocenters. The van der Waals surface area contributed by atoms with Gasteiger partial charge in [0.25, 0.3) is 0 Å². The lowest BCUT2D eigenvalue weighted by atomic mass is 10.1. The van der Waals surface area contributed by atoms with Crippen LogP contribution in [0.25, 0.3) is 0 Å². The molecule has 3 nitrogen and oxygen atoms in total. The van der Waals surface area contributed by atoms with Gasteiger partial charge in [0.15, 0.2) is 0 Å². The van der Waals surface area contributed by atoms with E-state index in [4.69, 9.17) is 10.5 Å². The van der Waals surface area contributed by atoms with Gasteiger partial charge in [-0.25, -0.2) is 4.79 Å². The van der Waals surface area contributed by atoms with Gasteiger partial charge in [0.2, 0.25) is 0 Å². The standard InChI is InChI=1S/C10H19NO2/c1-3-4-5-9(13-10(11)12)8-6-7(8)2/h7-9H,3-6H2,1-2H3,(H2,11,12). The summed E-state index contributed by atoms with van der Waals surface area (Å²) in [6, 6.07) is 0. The van der Waals surface area contributed by atoms with Gasteiger partial charge in [0, 0.05) is 0 Å². The number of hydrogen-bond donors (Lipinski definition) is 1. The quantitative estimate of drug-likeness (QED) is 0.714. The lowest BCUT2D eigenvalue weighted by Crippen LogP contribution is -2.24. The van der Waals surface area contributed by atoms with Crippen molar-refractivity contribution in [3.63, 3.8) is 0 Å². The van der Waals surface area contributed by atoms with Crippen molar-refractivity contribution < 1.29 is 9.53 Å². The van der Waals surface area contributed by atoms with Gasteiger partial charge >= 0.3 is 6.09 Å². The van der Waals surface area contributed by atoms with E-state index in [0.29, 0.717) is 11.8 Å². The molecule has 1 amide bonds. The van der Waals surface area contributed by atoms with Gasteiger partial charge in [-0.05, 0) is 24.7 Å². The largest absolute Gasteiger partial charge is 0.446 e. The first kappa shape index (κ1) is 10.4. The second kappa shape index (κ2) is 4.49. The van der Waals surface area contributed by atoms with E-state index < -0.39 is 6.09 Å². The molecule has 1 aliphatic carbocycles. The van der Waals surface area contributed by atoms with Crippen molar-refractivity contribution in [2.24, 2.45) is 17.6 Å².